The number of anilines is 3. The van der Waals surface area contributed by atoms with Crippen LogP contribution in [0.1, 0.15) is 16.1 Å². The van der Waals surface area contributed by atoms with E-state index >= 15 is 0 Å². The molecule has 0 unspecified atom stereocenters. The van der Waals surface area contributed by atoms with E-state index in [0.29, 0.717) is 23.9 Å². The minimum absolute atomic E-state index is 0.379. The van der Waals surface area contributed by atoms with Gasteiger partial charge in [0.25, 0.3) is 0 Å². The maximum Gasteiger partial charge on any atom is 0.337 e. The van der Waals surface area contributed by atoms with Gasteiger partial charge in [0, 0.05) is 24.0 Å². The number of methoxy groups -OCH3 is 1. The molecule has 0 amide bonds. The van der Waals surface area contributed by atoms with Gasteiger partial charge in [-0.25, -0.2) is 9.78 Å². The van der Waals surface area contributed by atoms with Crippen LogP contribution >= 0.6 is 0 Å². The number of carbonyl (C=O) groups excluding carboxylic acids is 1. The van der Waals surface area contributed by atoms with Gasteiger partial charge in [0.15, 0.2) is 0 Å². The number of ether oxygens (including phenoxy) is 1. The van der Waals surface area contributed by atoms with Crippen LogP contribution in [0.5, 0.6) is 0 Å². The smallest absolute Gasteiger partial charge is 0.337 e. The topological polar surface area (TPSA) is 76.1 Å². The average molecular weight is 298 g/mol. The highest BCUT2D eigenvalue weighted by molar-refractivity contribution is 5.90. The summed E-state index contributed by atoms with van der Waals surface area (Å²) < 4.78 is 4.71. The Morgan fingerprint density at radius 3 is 2.91 bits per heavy atom. The summed E-state index contributed by atoms with van der Waals surface area (Å²) in [6.45, 7) is 6.11. The van der Waals surface area contributed by atoms with Gasteiger partial charge >= 0.3 is 5.97 Å². The Bertz CT molecular complexity index is 686. The summed E-state index contributed by atoms with van der Waals surface area (Å²) in [7, 11) is 1.35. The highest BCUT2D eigenvalue weighted by atomic mass is 16.5. The molecule has 0 fully saturated rings. The summed E-state index contributed by atoms with van der Waals surface area (Å²) in [5.74, 6) is 0.781. The van der Waals surface area contributed by atoms with Gasteiger partial charge < -0.3 is 15.4 Å². The van der Waals surface area contributed by atoms with Crippen molar-refractivity contribution in [2.45, 2.75) is 6.92 Å². The van der Waals surface area contributed by atoms with E-state index in [2.05, 4.69) is 27.2 Å². The number of nitrogens with zero attached hydrogens (tertiary/aromatic N) is 2. The molecule has 6 heteroatoms. The largest absolute Gasteiger partial charge is 0.465 e. The fourth-order valence-electron chi connectivity index (χ4n) is 1.86. The van der Waals surface area contributed by atoms with E-state index in [9.17, 15) is 4.79 Å². The molecule has 0 saturated carbocycles. The van der Waals surface area contributed by atoms with Crippen molar-refractivity contribution in [1.29, 1.82) is 0 Å². The molecule has 6 nitrogen and oxygen atoms in total. The Kier molecular flexibility index (Phi) is 5.08. The van der Waals surface area contributed by atoms with E-state index in [1.807, 2.05) is 19.1 Å². The van der Waals surface area contributed by atoms with E-state index in [-0.39, 0.29) is 5.97 Å². The molecule has 1 heterocycles. The van der Waals surface area contributed by atoms with Crippen LogP contribution in [0.15, 0.2) is 43.0 Å². The molecule has 22 heavy (non-hydrogen) atoms. The zero-order valence-corrected chi connectivity index (χ0v) is 12.6. The Balaban J connectivity index is 2.21. The lowest BCUT2D eigenvalue weighted by Gasteiger charge is -2.10. The molecule has 0 spiro atoms. The van der Waals surface area contributed by atoms with Gasteiger partial charge in [-0.05, 0) is 25.1 Å². The lowest BCUT2D eigenvalue weighted by molar-refractivity contribution is 0.0601. The van der Waals surface area contributed by atoms with Crippen LogP contribution < -0.4 is 10.6 Å². The van der Waals surface area contributed by atoms with Crippen molar-refractivity contribution in [3.05, 3.63) is 54.2 Å². The SMILES string of the molecule is C=CCNc1nc(C)cc(Nc2cccc(C(=O)OC)c2)n1. The molecular formula is C16H18N4O2. The first-order valence-corrected chi connectivity index (χ1v) is 6.78. The maximum atomic E-state index is 11.5. The summed E-state index contributed by atoms with van der Waals surface area (Å²) in [5.41, 5.74) is 2.05. The number of esters is 1. The maximum absolute atomic E-state index is 11.5. The second-order valence-electron chi connectivity index (χ2n) is 4.59. The van der Waals surface area contributed by atoms with Crippen LogP contribution in [0.25, 0.3) is 0 Å². The second kappa shape index (κ2) is 7.21. The number of carbonyl (C=O) groups is 1. The molecule has 0 aliphatic rings. The fourth-order valence-corrected chi connectivity index (χ4v) is 1.86. The Morgan fingerprint density at radius 1 is 1.36 bits per heavy atom. The summed E-state index contributed by atoms with van der Waals surface area (Å²) in [4.78, 5) is 20.2. The van der Waals surface area contributed by atoms with E-state index in [1.165, 1.54) is 7.11 Å². The molecule has 1 aromatic carbocycles. The van der Waals surface area contributed by atoms with Crippen molar-refractivity contribution in [1.82, 2.24) is 9.97 Å². The van der Waals surface area contributed by atoms with Gasteiger partial charge in [-0.2, -0.15) is 4.98 Å². The van der Waals surface area contributed by atoms with E-state index in [0.717, 1.165) is 11.4 Å². The van der Waals surface area contributed by atoms with Crippen molar-refractivity contribution in [2.75, 3.05) is 24.3 Å². The minimum atomic E-state index is -0.379. The zero-order valence-electron chi connectivity index (χ0n) is 12.6. The van der Waals surface area contributed by atoms with Crippen LogP contribution in [0.3, 0.4) is 0 Å². The van der Waals surface area contributed by atoms with Crippen LogP contribution in [0.4, 0.5) is 17.5 Å². The molecule has 0 radical (unpaired) electrons. The Morgan fingerprint density at radius 2 is 2.18 bits per heavy atom. The molecule has 0 atom stereocenters. The number of aryl methyl sites for hydroxylation is 1. The molecule has 1 aromatic heterocycles. The van der Waals surface area contributed by atoms with Crippen molar-refractivity contribution < 1.29 is 9.53 Å². The standard InChI is InChI=1S/C16H18N4O2/c1-4-8-17-16-18-11(2)9-14(20-16)19-13-7-5-6-12(10-13)15(21)22-3/h4-7,9-10H,1,8H2,2-3H3,(H2,17,18,19,20). The first kappa shape index (κ1) is 15.5. The van der Waals surface area contributed by atoms with Gasteiger partial charge in [0.1, 0.15) is 5.82 Å². The lowest BCUT2D eigenvalue weighted by Crippen LogP contribution is -2.06. The summed E-state index contributed by atoms with van der Waals surface area (Å²) in [5, 5.41) is 6.20. The first-order valence-electron chi connectivity index (χ1n) is 6.78. The van der Waals surface area contributed by atoms with Crippen molar-refractivity contribution in [3.63, 3.8) is 0 Å². The Hall–Kier alpha value is -2.89. The van der Waals surface area contributed by atoms with Gasteiger partial charge in [0.2, 0.25) is 5.95 Å². The normalized spacial score (nSPS) is 9.91. The molecule has 2 aromatic rings. The number of nitrogens with one attached hydrogen (secondary N) is 2. The monoisotopic (exact) mass is 298 g/mol. The van der Waals surface area contributed by atoms with Crippen LogP contribution in [-0.2, 0) is 4.74 Å². The third kappa shape index (κ3) is 4.05. The van der Waals surface area contributed by atoms with E-state index in [1.54, 1.807) is 24.3 Å². The summed E-state index contributed by atoms with van der Waals surface area (Å²) in [6.07, 6.45) is 1.73. The summed E-state index contributed by atoms with van der Waals surface area (Å²) >= 11 is 0. The van der Waals surface area contributed by atoms with Crippen molar-refractivity contribution >= 4 is 23.4 Å². The van der Waals surface area contributed by atoms with Crippen molar-refractivity contribution in [3.8, 4) is 0 Å². The van der Waals surface area contributed by atoms with E-state index in [4.69, 9.17) is 4.74 Å². The fraction of sp³-hybridized carbons (Fsp3) is 0.188. The molecule has 2 N–H and O–H groups in total. The van der Waals surface area contributed by atoms with Gasteiger partial charge in [-0.1, -0.05) is 12.1 Å². The zero-order chi connectivity index (χ0) is 15.9. The predicted molar refractivity (Wildman–Crippen MR) is 86.5 cm³/mol. The minimum Gasteiger partial charge on any atom is -0.465 e. The molecular weight excluding hydrogens is 280 g/mol. The van der Waals surface area contributed by atoms with Gasteiger partial charge in [-0.15, -0.1) is 6.58 Å². The average Bonchev–Trinajstić information content (AvgIpc) is 2.52. The number of aromatic nitrogens is 2. The molecule has 0 aliphatic carbocycles. The number of hydrogen-bond acceptors (Lipinski definition) is 6. The van der Waals surface area contributed by atoms with Crippen molar-refractivity contribution in [2.24, 2.45) is 0 Å². The molecule has 0 aliphatic heterocycles. The van der Waals surface area contributed by atoms with Gasteiger partial charge in [-0.3, -0.25) is 0 Å². The van der Waals surface area contributed by atoms with Crippen LogP contribution in [-0.4, -0.2) is 29.6 Å². The van der Waals surface area contributed by atoms with Gasteiger partial charge in [0.05, 0.1) is 12.7 Å². The summed E-state index contributed by atoms with van der Waals surface area (Å²) in [6, 6.07) is 8.85. The number of rotatable bonds is 6. The molecule has 0 saturated heterocycles. The Labute approximate surface area is 129 Å². The third-order valence-electron chi connectivity index (χ3n) is 2.81. The highest BCUT2D eigenvalue weighted by Gasteiger charge is 2.07. The lowest BCUT2D eigenvalue weighted by atomic mass is 10.2. The molecule has 114 valence electrons. The molecule has 2 rings (SSSR count). The predicted octanol–water partition coefficient (Wildman–Crippen LogP) is 2.91. The van der Waals surface area contributed by atoms with E-state index < -0.39 is 0 Å². The van der Waals surface area contributed by atoms with Crippen LogP contribution in [0.2, 0.25) is 0 Å². The number of benzene rings is 1. The third-order valence-corrected chi connectivity index (χ3v) is 2.81. The quantitative estimate of drug-likeness (QED) is 0.631. The highest BCUT2D eigenvalue weighted by Crippen LogP contribution is 2.18. The molecule has 0 bridgehead atoms. The second-order valence-corrected chi connectivity index (χ2v) is 4.59. The van der Waals surface area contributed by atoms with Crippen LogP contribution in [0, 0.1) is 6.92 Å². The first-order chi connectivity index (χ1) is 10.6. The number of hydrogen-bond donors (Lipinski definition) is 2.